The molecule has 2 aromatic carbocycles. The van der Waals surface area contributed by atoms with E-state index in [-0.39, 0.29) is 5.91 Å². The number of hydrogen-bond acceptors (Lipinski definition) is 3. The summed E-state index contributed by atoms with van der Waals surface area (Å²) in [4.78, 5) is 14.5. The molecule has 1 heterocycles. The standard InChI is InChI=1S/C19H21NO3/c1-22-17-10-6-9-16(18(17)23-2)14-7-5-8-15(13-14)19(21)20-11-3-4-12-20/h5-10,13H,3-4,11-12H2,1-2H3. The Bertz CT molecular complexity index is 706. The molecule has 0 radical (unpaired) electrons. The number of amides is 1. The zero-order valence-electron chi connectivity index (χ0n) is 13.5. The maximum atomic E-state index is 12.6. The van der Waals surface area contributed by atoms with Gasteiger partial charge in [-0.1, -0.05) is 24.3 Å². The van der Waals surface area contributed by atoms with Crippen LogP contribution in [0, 0.1) is 0 Å². The molecule has 0 N–H and O–H groups in total. The Balaban J connectivity index is 1.98. The van der Waals surface area contributed by atoms with Crippen LogP contribution < -0.4 is 9.47 Å². The van der Waals surface area contributed by atoms with E-state index in [9.17, 15) is 4.79 Å². The second kappa shape index (κ2) is 6.73. The molecule has 0 aliphatic carbocycles. The van der Waals surface area contributed by atoms with Crippen LogP contribution in [0.1, 0.15) is 23.2 Å². The summed E-state index contributed by atoms with van der Waals surface area (Å²) in [6.07, 6.45) is 2.18. The molecule has 0 unspecified atom stereocenters. The molecule has 0 atom stereocenters. The molecule has 0 bridgehead atoms. The second-order valence-corrected chi connectivity index (χ2v) is 5.62. The van der Waals surface area contributed by atoms with Gasteiger partial charge in [0.2, 0.25) is 0 Å². The van der Waals surface area contributed by atoms with Crippen LogP contribution >= 0.6 is 0 Å². The highest BCUT2D eigenvalue weighted by atomic mass is 16.5. The van der Waals surface area contributed by atoms with E-state index in [0.29, 0.717) is 17.1 Å². The van der Waals surface area contributed by atoms with E-state index in [0.717, 1.165) is 37.1 Å². The van der Waals surface area contributed by atoms with Crippen LogP contribution in [0.2, 0.25) is 0 Å². The van der Waals surface area contributed by atoms with Gasteiger partial charge >= 0.3 is 0 Å². The van der Waals surface area contributed by atoms with Crippen LogP contribution in [0.25, 0.3) is 11.1 Å². The van der Waals surface area contributed by atoms with Crippen molar-refractivity contribution in [2.45, 2.75) is 12.8 Å². The van der Waals surface area contributed by atoms with E-state index in [2.05, 4.69) is 0 Å². The Morgan fingerprint density at radius 3 is 2.43 bits per heavy atom. The van der Waals surface area contributed by atoms with E-state index in [1.54, 1.807) is 14.2 Å². The van der Waals surface area contributed by atoms with Gasteiger partial charge in [-0.25, -0.2) is 0 Å². The zero-order valence-corrected chi connectivity index (χ0v) is 13.5. The minimum atomic E-state index is 0.103. The second-order valence-electron chi connectivity index (χ2n) is 5.62. The molecule has 1 aliphatic heterocycles. The molecule has 3 rings (SSSR count). The number of methoxy groups -OCH3 is 2. The molecule has 1 saturated heterocycles. The topological polar surface area (TPSA) is 38.8 Å². The third-order valence-corrected chi connectivity index (χ3v) is 4.22. The van der Waals surface area contributed by atoms with Crippen LogP contribution in [0.15, 0.2) is 42.5 Å². The van der Waals surface area contributed by atoms with Gasteiger partial charge < -0.3 is 14.4 Å². The molecule has 0 spiro atoms. The van der Waals surface area contributed by atoms with Crippen molar-refractivity contribution in [1.82, 2.24) is 4.90 Å². The number of ether oxygens (including phenoxy) is 2. The number of nitrogens with zero attached hydrogens (tertiary/aromatic N) is 1. The Kier molecular flexibility index (Phi) is 4.51. The smallest absolute Gasteiger partial charge is 0.253 e. The number of para-hydroxylation sites is 1. The zero-order chi connectivity index (χ0) is 16.2. The number of carbonyl (C=O) groups is 1. The average molecular weight is 311 g/mol. The predicted octanol–water partition coefficient (Wildman–Crippen LogP) is 3.61. The highest BCUT2D eigenvalue weighted by Crippen LogP contribution is 2.38. The van der Waals surface area contributed by atoms with Gasteiger partial charge in [0.25, 0.3) is 5.91 Å². The van der Waals surface area contributed by atoms with Gasteiger partial charge in [0, 0.05) is 24.2 Å². The van der Waals surface area contributed by atoms with Crippen LogP contribution in [0.5, 0.6) is 11.5 Å². The molecule has 120 valence electrons. The van der Waals surface area contributed by atoms with Crippen LogP contribution in [0.4, 0.5) is 0 Å². The molecule has 1 amide bonds. The van der Waals surface area contributed by atoms with Gasteiger partial charge in [-0.2, -0.15) is 0 Å². The minimum Gasteiger partial charge on any atom is -0.493 e. The number of likely N-dealkylation sites (tertiary alicyclic amines) is 1. The third-order valence-electron chi connectivity index (χ3n) is 4.22. The maximum absolute atomic E-state index is 12.6. The molecular formula is C19H21NO3. The van der Waals surface area contributed by atoms with Crippen molar-refractivity contribution in [3.63, 3.8) is 0 Å². The van der Waals surface area contributed by atoms with Crippen molar-refractivity contribution >= 4 is 5.91 Å². The van der Waals surface area contributed by atoms with Crippen LogP contribution in [-0.2, 0) is 0 Å². The average Bonchev–Trinajstić information content (AvgIpc) is 3.15. The fraction of sp³-hybridized carbons (Fsp3) is 0.316. The third kappa shape index (κ3) is 3.02. The Morgan fingerprint density at radius 2 is 1.74 bits per heavy atom. The molecule has 4 heteroatoms. The lowest BCUT2D eigenvalue weighted by Crippen LogP contribution is -2.27. The van der Waals surface area contributed by atoms with E-state index in [4.69, 9.17) is 9.47 Å². The minimum absolute atomic E-state index is 0.103. The Morgan fingerprint density at radius 1 is 1.00 bits per heavy atom. The summed E-state index contributed by atoms with van der Waals surface area (Å²) >= 11 is 0. The lowest BCUT2D eigenvalue weighted by molar-refractivity contribution is 0.0793. The van der Waals surface area contributed by atoms with Crippen molar-refractivity contribution in [1.29, 1.82) is 0 Å². The van der Waals surface area contributed by atoms with Crippen molar-refractivity contribution in [3.8, 4) is 22.6 Å². The lowest BCUT2D eigenvalue weighted by Gasteiger charge is -2.16. The summed E-state index contributed by atoms with van der Waals surface area (Å²) in [5, 5.41) is 0. The molecule has 2 aromatic rings. The first-order chi connectivity index (χ1) is 11.2. The summed E-state index contributed by atoms with van der Waals surface area (Å²) in [5.74, 6) is 1.47. The predicted molar refractivity (Wildman–Crippen MR) is 90.1 cm³/mol. The first-order valence-electron chi connectivity index (χ1n) is 7.85. The monoisotopic (exact) mass is 311 g/mol. The highest BCUT2D eigenvalue weighted by molar-refractivity contribution is 5.96. The summed E-state index contributed by atoms with van der Waals surface area (Å²) < 4.78 is 10.9. The highest BCUT2D eigenvalue weighted by Gasteiger charge is 2.20. The van der Waals surface area contributed by atoms with E-state index in [1.165, 1.54) is 0 Å². The quantitative estimate of drug-likeness (QED) is 0.866. The molecular weight excluding hydrogens is 290 g/mol. The van der Waals surface area contributed by atoms with E-state index < -0.39 is 0 Å². The van der Waals surface area contributed by atoms with Crippen LogP contribution in [-0.4, -0.2) is 38.1 Å². The molecule has 1 fully saturated rings. The van der Waals surface area contributed by atoms with Crippen molar-refractivity contribution in [3.05, 3.63) is 48.0 Å². The van der Waals surface area contributed by atoms with Crippen LogP contribution in [0.3, 0.4) is 0 Å². The summed E-state index contributed by atoms with van der Waals surface area (Å²) in [7, 11) is 3.25. The van der Waals surface area contributed by atoms with Gasteiger partial charge in [-0.15, -0.1) is 0 Å². The van der Waals surface area contributed by atoms with Gasteiger partial charge in [0.1, 0.15) is 0 Å². The molecule has 1 aliphatic rings. The summed E-state index contributed by atoms with van der Waals surface area (Å²) in [6.45, 7) is 1.71. The number of carbonyl (C=O) groups excluding carboxylic acids is 1. The fourth-order valence-corrected chi connectivity index (χ4v) is 3.04. The number of hydrogen-bond donors (Lipinski definition) is 0. The maximum Gasteiger partial charge on any atom is 0.253 e. The summed E-state index contributed by atoms with van der Waals surface area (Å²) in [6, 6.07) is 13.5. The molecule has 0 aromatic heterocycles. The first kappa shape index (κ1) is 15.4. The van der Waals surface area contributed by atoms with Crippen molar-refractivity contribution in [2.24, 2.45) is 0 Å². The van der Waals surface area contributed by atoms with Crippen molar-refractivity contribution < 1.29 is 14.3 Å². The largest absolute Gasteiger partial charge is 0.493 e. The number of rotatable bonds is 4. The molecule has 4 nitrogen and oxygen atoms in total. The fourth-order valence-electron chi connectivity index (χ4n) is 3.04. The molecule has 23 heavy (non-hydrogen) atoms. The van der Waals surface area contributed by atoms with Gasteiger partial charge in [0.05, 0.1) is 14.2 Å². The van der Waals surface area contributed by atoms with Gasteiger partial charge in [-0.3, -0.25) is 4.79 Å². The van der Waals surface area contributed by atoms with E-state index >= 15 is 0 Å². The lowest BCUT2D eigenvalue weighted by atomic mass is 10.0. The van der Waals surface area contributed by atoms with Gasteiger partial charge in [0.15, 0.2) is 11.5 Å². The van der Waals surface area contributed by atoms with Crippen molar-refractivity contribution in [2.75, 3.05) is 27.3 Å². The number of benzene rings is 2. The SMILES string of the molecule is COc1cccc(-c2cccc(C(=O)N3CCCC3)c2)c1OC. The first-order valence-corrected chi connectivity index (χ1v) is 7.85. The summed E-state index contributed by atoms with van der Waals surface area (Å²) in [5.41, 5.74) is 2.59. The van der Waals surface area contributed by atoms with E-state index in [1.807, 2.05) is 47.4 Å². The van der Waals surface area contributed by atoms with Gasteiger partial charge in [-0.05, 0) is 36.6 Å². The molecule has 0 saturated carbocycles. The Hall–Kier alpha value is -2.49. The Labute approximate surface area is 136 Å². The normalized spacial score (nSPS) is 13.9.